The van der Waals surface area contributed by atoms with Crippen molar-refractivity contribution >= 4 is 23.2 Å². The zero-order valence-corrected chi connectivity index (χ0v) is 22.6. The molecule has 1 aliphatic rings. The Balaban J connectivity index is 1.48. The summed E-state index contributed by atoms with van der Waals surface area (Å²) >= 11 is 0. The Kier molecular flexibility index (Phi) is 8.15. The number of methoxy groups -OCH3 is 1. The summed E-state index contributed by atoms with van der Waals surface area (Å²) in [7, 11) is 1.25. The number of carbonyl (C=O) groups excluding carboxylic acids is 1. The number of ether oxygens (including phenoxy) is 4. The molecule has 1 fully saturated rings. The molecular weight excluding hydrogens is 490 g/mol. The lowest BCUT2D eigenvalue weighted by Crippen LogP contribution is -2.35. The highest BCUT2D eigenvalue weighted by Gasteiger charge is 2.33. The molecule has 38 heavy (non-hydrogen) atoms. The molecule has 0 saturated carbocycles. The first-order valence-electron chi connectivity index (χ1n) is 12.7. The largest absolute Gasteiger partial charge is 0.595 e. The van der Waals surface area contributed by atoms with Crippen molar-refractivity contribution in [2.24, 2.45) is 10.9 Å². The first-order chi connectivity index (χ1) is 18.1. The van der Waals surface area contributed by atoms with Crippen LogP contribution in [0.4, 0.5) is 0 Å². The van der Waals surface area contributed by atoms with Crippen LogP contribution in [0, 0.1) is 5.92 Å². The van der Waals surface area contributed by atoms with Crippen LogP contribution in [0.1, 0.15) is 59.3 Å². The molecule has 1 saturated heterocycles. The number of rotatable bonds is 8. The van der Waals surface area contributed by atoms with E-state index in [4.69, 9.17) is 18.9 Å². The van der Waals surface area contributed by atoms with E-state index in [-0.39, 0.29) is 18.8 Å². The van der Waals surface area contributed by atoms with E-state index >= 15 is 0 Å². The summed E-state index contributed by atoms with van der Waals surface area (Å²) in [5.41, 5.74) is 1.22. The van der Waals surface area contributed by atoms with Gasteiger partial charge in [-0.15, -0.1) is 0 Å². The van der Waals surface area contributed by atoms with Crippen LogP contribution < -0.4 is 9.84 Å². The van der Waals surface area contributed by atoms with Crippen molar-refractivity contribution < 1.29 is 28.8 Å². The van der Waals surface area contributed by atoms with Gasteiger partial charge >= 0.3 is 5.97 Å². The van der Waals surface area contributed by atoms with E-state index in [2.05, 4.69) is 33.8 Å². The average molecular weight is 525 g/mol. The molecule has 0 N–H and O–H groups in total. The fourth-order valence-electron chi connectivity index (χ4n) is 4.42. The maximum Gasteiger partial charge on any atom is 0.331 e. The second-order valence-corrected chi connectivity index (χ2v) is 10.4. The van der Waals surface area contributed by atoms with Gasteiger partial charge < -0.3 is 24.1 Å². The molecule has 0 amide bonds. The normalized spacial score (nSPS) is 20.9. The van der Waals surface area contributed by atoms with Crippen molar-refractivity contribution in [3.05, 3.63) is 42.5 Å². The summed E-state index contributed by atoms with van der Waals surface area (Å²) in [6, 6.07) is 6.03. The monoisotopic (exact) mass is 524 g/mol. The van der Waals surface area contributed by atoms with Gasteiger partial charge in [0.25, 0.3) is 5.88 Å². The number of esters is 1. The third-order valence-electron chi connectivity index (χ3n) is 6.27. The van der Waals surface area contributed by atoms with Gasteiger partial charge in [-0.1, -0.05) is 46.8 Å². The van der Waals surface area contributed by atoms with Gasteiger partial charge in [0.2, 0.25) is 0 Å². The van der Waals surface area contributed by atoms with E-state index < -0.39 is 23.7 Å². The summed E-state index contributed by atoms with van der Waals surface area (Å²) in [5.74, 6) is 0.681. The molecule has 0 aliphatic carbocycles. The maximum absolute atomic E-state index is 12.2. The van der Waals surface area contributed by atoms with Crippen LogP contribution in [0.25, 0.3) is 11.2 Å². The molecule has 4 atom stereocenters. The summed E-state index contributed by atoms with van der Waals surface area (Å²) in [4.78, 5) is 29.3. The summed E-state index contributed by atoms with van der Waals surface area (Å²) in [6.07, 6.45) is 4.43. The summed E-state index contributed by atoms with van der Waals surface area (Å²) < 4.78 is 24.2. The second kappa shape index (κ2) is 11.3. The lowest BCUT2D eigenvalue weighted by atomic mass is 10.0. The quantitative estimate of drug-likeness (QED) is 0.246. The number of hydrogen-bond donors (Lipinski definition) is 0. The van der Waals surface area contributed by atoms with E-state index in [1.165, 1.54) is 13.4 Å². The number of fused-ring (bicyclic) bond motifs is 1. The van der Waals surface area contributed by atoms with Gasteiger partial charge in [0.1, 0.15) is 24.4 Å². The van der Waals surface area contributed by atoms with Gasteiger partial charge in [0.15, 0.2) is 17.2 Å². The highest BCUT2D eigenvalue weighted by molar-refractivity contribution is 5.79. The number of benzene rings is 1. The van der Waals surface area contributed by atoms with Crippen molar-refractivity contribution in [1.29, 1.82) is 0 Å². The van der Waals surface area contributed by atoms with Crippen molar-refractivity contribution in [3.8, 4) is 11.6 Å². The molecule has 0 radical (unpaired) electrons. The van der Waals surface area contributed by atoms with Crippen LogP contribution in [-0.4, -0.2) is 56.4 Å². The molecule has 0 spiro atoms. The Bertz CT molecular complexity index is 1280. The molecule has 3 heterocycles. The van der Waals surface area contributed by atoms with E-state index in [1.54, 1.807) is 51.4 Å². The molecule has 1 aliphatic heterocycles. The van der Waals surface area contributed by atoms with Crippen LogP contribution in [0.15, 0.2) is 41.9 Å². The first-order valence-corrected chi connectivity index (χ1v) is 12.7. The highest BCUT2D eigenvalue weighted by Crippen LogP contribution is 2.37. The molecular formula is C27H34N5O6-. The van der Waals surface area contributed by atoms with E-state index in [0.717, 1.165) is 18.4 Å². The molecule has 3 aromatic rings. The van der Waals surface area contributed by atoms with E-state index in [0.29, 0.717) is 28.7 Å². The lowest BCUT2D eigenvalue weighted by molar-refractivity contribution is -0.261. The van der Waals surface area contributed by atoms with Gasteiger partial charge in [-0.3, -0.25) is 9.56 Å². The fraction of sp³-hybridized carbons (Fsp3) is 0.519. The molecule has 11 heteroatoms. The molecule has 11 nitrogen and oxygen atoms in total. The maximum atomic E-state index is 12.2. The Labute approximate surface area is 221 Å². The smallest absolute Gasteiger partial charge is 0.331 e. The fourth-order valence-corrected chi connectivity index (χ4v) is 4.42. The molecule has 0 bridgehead atoms. The predicted molar refractivity (Wildman–Crippen MR) is 138 cm³/mol. The number of aromatic nitrogens is 4. The van der Waals surface area contributed by atoms with Gasteiger partial charge in [0.05, 0.1) is 19.5 Å². The Hall–Kier alpha value is -3.73. The zero-order valence-electron chi connectivity index (χ0n) is 22.6. The van der Waals surface area contributed by atoms with Crippen LogP contribution in [0.5, 0.6) is 11.6 Å². The van der Waals surface area contributed by atoms with E-state index in [1.807, 2.05) is 4.57 Å². The third kappa shape index (κ3) is 6.39. The minimum absolute atomic E-state index is 0.129. The van der Waals surface area contributed by atoms with Gasteiger partial charge in [-0.25, -0.2) is 14.8 Å². The summed E-state index contributed by atoms with van der Waals surface area (Å²) in [6.45, 7) is 9.51. The molecule has 4 rings (SSSR count). The van der Waals surface area contributed by atoms with E-state index in [9.17, 15) is 9.90 Å². The Morgan fingerprint density at radius 2 is 1.97 bits per heavy atom. The number of nitrogens with zero attached hydrogens (tertiary/aromatic N) is 5. The molecule has 204 valence electrons. The van der Waals surface area contributed by atoms with Crippen molar-refractivity contribution in [2.75, 3.05) is 7.11 Å². The molecule has 2 aromatic heterocycles. The Morgan fingerprint density at radius 3 is 2.61 bits per heavy atom. The van der Waals surface area contributed by atoms with Crippen LogP contribution in [0.3, 0.4) is 0 Å². The number of imidazole rings is 1. The molecule has 1 aromatic carbocycles. The minimum Gasteiger partial charge on any atom is -0.595 e. The van der Waals surface area contributed by atoms with Crippen molar-refractivity contribution in [2.45, 2.75) is 77.9 Å². The first kappa shape index (κ1) is 27.3. The number of carbonyl (C=O) groups is 1. The summed E-state index contributed by atoms with van der Waals surface area (Å²) in [5, 5.41) is 12.1. The van der Waals surface area contributed by atoms with Crippen molar-refractivity contribution in [1.82, 2.24) is 19.5 Å². The highest BCUT2D eigenvalue weighted by atomic mass is 16.6. The average Bonchev–Trinajstić information content (AvgIpc) is 3.46. The standard InChI is InChI=1S/C27H35N5O6/c1-7-20-16(2)12-21(37-20)32-15-30-22-23(32)28-14-29-24(22)36-18-10-8-17(9-11-18)13-19(25(33)35-6)31-26(34)38-27(3,4)5/h8-11,14-16,19-21H,7,12-13H2,1-6H3,(H,31,34)/p-1/t16-,19?,20-,21-/m1/s1. The third-order valence-corrected chi connectivity index (χ3v) is 6.27. The van der Waals surface area contributed by atoms with Gasteiger partial charge in [-0.05, 0) is 36.5 Å². The Morgan fingerprint density at radius 1 is 1.24 bits per heavy atom. The topological polar surface area (TPSA) is 133 Å². The van der Waals surface area contributed by atoms with Crippen molar-refractivity contribution in [3.63, 3.8) is 0 Å². The minimum atomic E-state index is -1.03. The lowest BCUT2D eigenvalue weighted by Gasteiger charge is -2.30. The predicted octanol–water partition coefficient (Wildman–Crippen LogP) is 3.57. The molecule has 1 unspecified atom stereocenters. The van der Waals surface area contributed by atoms with Crippen LogP contribution in [-0.2, 0) is 25.4 Å². The van der Waals surface area contributed by atoms with Gasteiger partial charge in [-0.2, -0.15) is 4.98 Å². The zero-order chi connectivity index (χ0) is 27.4. The van der Waals surface area contributed by atoms with Crippen LogP contribution in [0.2, 0.25) is 0 Å². The van der Waals surface area contributed by atoms with Crippen LogP contribution >= 0.6 is 0 Å². The second-order valence-electron chi connectivity index (χ2n) is 10.4. The number of hydrogen-bond acceptors (Lipinski definition) is 10. The van der Waals surface area contributed by atoms with Gasteiger partial charge in [0, 0.05) is 12.0 Å². The SMILES string of the molecule is CC[C@H]1O[C@@H](n2cnc3c(Oc4ccc(CC(N=C([O-])OC(C)(C)C)C(=O)OC)cc4)ncnc32)C[C@H]1C. The number of aliphatic imine (C=N–C) groups is 1.